The summed E-state index contributed by atoms with van der Waals surface area (Å²) in [5, 5.41) is 10.9. The zero-order valence-corrected chi connectivity index (χ0v) is 15.1. The number of rotatable bonds is 7. The molecule has 0 radical (unpaired) electrons. The summed E-state index contributed by atoms with van der Waals surface area (Å²) >= 11 is 5.98. The van der Waals surface area contributed by atoms with Crippen LogP contribution in [-0.2, 0) is 9.53 Å². The molecule has 1 aromatic carbocycles. The standard InChI is InChI=1S/C18H26ClNO4/c1-3-23-18(22)14-6-8-20(9-7-14)11-15(21)12-24-16-4-5-17(19)13(2)10-16/h4-5,10,14-15,21H,3,6-9,11-12H2,1-2H3/p+1/t15-/m0/s1. The van der Waals surface area contributed by atoms with Gasteiger partial charge in [0.25, 0.3) is 0 Å². The first-order chi connectivity index (χ1) is 11.5. The SMILES string of the molecule is CCOC(=O)C1CC[NH+](C[C@H](O)COc2ccc(Cl)c(C)c2)CC1. The molecule has 0 bridgehead atoms. The van der Waals surface area contributed by atoms with Crippen LogP contribution in [0.4, 0.5) is 0 Å². The van der Waals surface area contributed by atoms with E-state index in [2.05, 4.69) is 0 Å². The zero-order chi connectivity index (χ0) is 17.5. The average Bonchev–Trinajstić information content (AvgIpc) is 2.57. The summed E-state index contributed by atoms with van der Waals surface area (Å²) in [6.07, 6.45) is 1.10. The Bertz CT molecular complexity index is 544. The van der Waals surface area contributed by atoms with Crippen LogP contribution < -0.4 is 9.64 Å². The third kappa shape index (κ3) is 5.65. The molecule has 1 aromatic rings. The third-order valence-electron chi connectivity index (χ3n) is 4.41. The maximum Gasteiger partial charge on any atom is 0.309 e. The second kappa shape index (κ2) is 9.25. The number of carbonyl (C=O) groups excluding carboxylic acids is 1. The van der Waals surface area contributed by atoms with Crippen LogP contribution in [0.25, 0.3) is 0 Å². The summed E-state index contributed by atoms with van der Waals surface area (Å²) in [4.78, 5) is 13.0. The number of aryl methyl sites for hydroxylation is 1. The summed E-state index contributed by atoms with van der Waals surface area (Å²) < 4.78 is 10.7. The number of piperidine rings is 1. The van der Waals surface area contributed by atoms with Gasteiger partial charge in [-0.25, -0.2) is 0 Å². The molecule has 1 fully saturated rings. The first kappa shape index (κ1) is 19.0. The van der Waals surface area contributed by atoms with Gasteiger partial charge < -0.3 is 19.5 Å². The van der Waals surface area contributed by atoms with Gasteiger partial charge in [0.1, 0.15) is 25.0 Å². The molecule has 1 aliphatic rings. The highest BCUT2D eigenvalue weighted by Crippen LogP contribution is 2.21. The van der Waals surface area contributed by atoms with E-state index in [1.165, 1.54) is 4.90 Å². The fourth-order valence-electron chi connectivity index (χ4n) is 3.02. The Labute approximate surface area is 148 Å². The molecule has 24 heavy (non-hydrogen) atoms. The lowest BCUT2D eigenvalue weighted by molar-refractivity contribution is -0.908. The third-order valence-corrected chi connectivity index (χ3v) is 4.83. The van der Waals surface area contributed by atoms with Crippen molar-refractivity contribution in [3.8, 4) is 5.75 Å². The van der Waals surface area contributed by atoms with Crippen molar-refractivity contribution in [1.82, 2.24) is 0 Å². The summed E-state index contributed by atoms with van der Waals surface area (Å²) in [7, 11) is 0. The van der Waals surface area contributed by atoms with E-state index in [1.54, 1.807) is 12.1 Å². The van der Waals surface area contributed by atoms with E-state index >= 15 is 0 Å². The van der Waals surface area contributed by atoms with Crippen LogP contribution in [0.2, 0.25) is 5.02 Å². The number of likely N-dealkylation sites (tertiary alicyclic amines) is 1. The molecule has 0 amide bonds. The number of quaternary nitrogens is 1. The highest BCUT2D eigenvalue weighted by atomic mass is 35.5. The molecule has 134 valence electrons. The molecule has 0 saturated carbocycles. The molecule has 0 spiro atoms. The van der Waals surface area contributed by atoms with Crippen molar-refractivity contribution in [2.75, 3.05) is 32.8 Å². The summed E-state index contributed by atoms with van der Waals surface area (Å²) in [6.45, 7) is 6.82. The minimum absolute atomic E-state index is 0.0131. The number of aliphatic hydroxyl groups is 1. The van der Waals surface area contributed by atoms with Crippen molar-refractivity contribution in [2.24, 2.45) is 5.92 Å². The van der Waals surface area contributed by atoms with Gasteiger partial charge in [-0.1, -0.05) is 11.6 Å². The predicted molar refractivity (Wildman–Crippen MR) is 92.6 cm³/mol. The Morgan fingerprint density at radius 2 is 2.12 bits per heavy atom. The first-order valence-corrected chi connectivity index (χ1v) is 8.94. The van der Waals surface area contributed by atoms with Crippen molar-refractivity contribution in [2.45, 2.75) is 32.8 Å². The molecule has 1 aliphatic heterocycles. The highest BCUT2D eigenvalue weighted by molar-refractivity contribution is 6.31. The van der Waals surface area contributed by atoms with Gasteiger partial charge in [0.15, 0.2) is 0 Å². The van der Waals surface area contributed by atoms with E-state index in [9.17, 15) is 9.90 Å². The van der Waals surface area contributed by atoms with Crippen LogP contribution in [0.15, 0.2) is 18.2 Å². The molecule has 5 nitrogen and oxygen atoms in total. The number of benzene rings is 1. The maximum absolute atomic E-state index is 11.7. The van der Waals surface area contributed by atoms with Crippen molar-refractivity contribution in [1.29, 1.82) is 0 Å². The number of carbonyl (C=O) groups is 1. The second-order valence-electron chi connectivity index (χ2n) is 6.36. The summed E-state index contributed by atoms with van der Waals surface area (Å²) in [6, 6.07) is 5.47. The molecule has 1 saturated heterocycles. The summed E-state index contributed by atoms with van der Waals surface area (Å²) in [5.74, 6) is 0.643. The van der Waals surface area contributed by atoms with Gasteiger partial charge in [0, 0.05) is 17.9 Å². The molecule has 1 heterocycles. The lowest BCUT2D eigenvalue weighted by Crippen LogP contribution is -3.14. The number of ether oxygens (including phenoxy) is 2. The van der Waals surface area contributed by atoms with Crippen LogP contribution in [0.3, 0.4) is 0 Å². The number of hydrogen-bond acceptors (Lipinski definition) is 4. The highest BCUT2D eigenvalue weighted by Gasteiger charge is 2.29. The van der Waals surface area contributed by atoms with Gasteiger partial charge in [-0.3, -0.25) is 4.79 Å². The predicted octanol–water partition coefficient (Wildman–Crippen LogP) is 1.25. The molecular weight excluding hydrogens is 330 g/mol. The average molecular weight is 357 g/mol. The fraction of sp³-hybridized carbons (Fsp3) is 0.611. The lowest BCUT2D eigenvalue weighted by Gasteiger charge is -2.29. The number of nitrogens with one attached hydrogen (secondary N) is 1. The minimum atomic E-state index is -0.532. The van der Waals surface area contributed by atoms with Crippen LogP contribution in [0.1, 0.15) is 25.3 Å². The molecular formula is C18H27ClNO4+. The van der Waals surface area contributed by atoms with E-state index < -0.39 is 6.10 Å². The Hall–Kier alpha value is -1.30. The zero-order valence-electron chi connectivity index (χ0n) is 14.4. The van der Waals surface area contributed by atoms with Crippen LogP contribution in [0, 0.1) is 12.8 Å². The van der Waals surface area contributed by atoms with Gasteiger partial charge in [-0.15, -0.1) is 0 Å². The fourth-order valence-corrected chi connectivity index (χ4v) is 3.14. The lowest BCUT2D eigenvalue weighted by atomic mass is 9.97. The van der Waals surface area contributed by atoms with E-state index in [-0.39, 0.29) is 18.5 Å². The minimum Gasteiger partial charge on any atom is -0.491 e. The van der Waals surface area contributed by atoms with Crippen LogP contribution in [0.5, 0.6) is 5.75 Å². The number of hydrogen-bond donors (Lipinski definition) is 2. The topological polar surface area (TPSA) is 60.2 Å². The van der Waals surface area contributed by atoms with E-state index in [0.29, 0.717) is 23.9 Å². The first-order valence-electron chi connectivity index (χ1n) is 8.56. The molecule has 2 rings (SSSR count). The monoisotopic (exact) mass is 356 g/mol. The normalized spacial score (nSPS) is 22.0. The van der Waals surface area contributed by atoms with Gasteiger partial charge in [0.2, 0.25) is 0 Å². The van der Waals surface area contributed by atoms with Gasteiger partial charge in [-0.2, -0.15) is 0 Å². The van der Waals surface area contributed by atoms with Gasteiger partial charge in [0.05, 0.1) is 25.6 Å². The molecule has 0 unspecified atom stereocenters. The Kier molecular flexibility index (Phi) is 7.34. The molecule has 0 aromatic heterocycles. The van der Waals surface area contributed by atoms with Crippen LogP contribution in [-0.4, -0.2) is 50.0 Å². The Morgan fingerprint density at radius 3 is 2.75 bits per heavy atom. The van der Waals surface area contributed by atoms with Crippen molar-refractivity contribution >= 4 is 17.6 Å². The van der Waals surface area contributed by atoms with Crippen molar-refractivity contribution < 1.29 is 24.3 Å². The Morgan fingerprint density at radius 1 is 1.42 bits per heavy atom. The largest absolute Gasteiger partial charge is 0.491 e. The molecule has 1 atom stereocenters. The number of esters is 1. The maximum atomic E-state index is 11.7. The number of aliphatic hydroxyl groups excluding tert-OH is 1. The molecule has 6 heteroatoms. The van der Waals surface area contributed by atoms with E-state index in [4.69, 9.17) is 21.1 Å². The molecule has 0 aliphatic carbocycles. The smallest absolute Gasteiger partial charge is 0.309 e. The van der Waals surface area contributed by atoms with Gasteiger partial charge in [-0.05, 0) is 37.6 Å². The summed E-state index contributed by atoms with van der Waals surface area (Å²) in [5.41, 5.74) is 0.954. The van der Waals surface area contributed by atoms with E-state index in [0.717, 1.165) is 31.5 Å². The van der Waals surface area contributed by atoms with E-state index in [1.807, 2.05) is 19.9 Å². The quantitative estimate of drug-likeness (QED) is 0.722. The van der Waals surface area contributed by atoms with Crippen molar-refractivity contribution in [3.63, 3.8) is 0 Å². The molecule has 2 N–H and O–H groups in total. The second-order valence-corrected chi connectivity index (χ2v) is 6.76. The van der Waals surface area contributed by atoms with Gasteiger partial charge >= 0.3 is 5.97 Å². The Balaban J connectivity index is 1.70. The number of halogens is 1. The van der Waals surface area contributed by atoms with Crippen LogP contribution >= 0.6 is 11.6 Å². The van der Waals surface area contributed by atoms with Crippen molar-refractivity contribution in [3.05, 3.63) is 28.8 Å².